The SMILES string of the molecule is C=CC.CC1(C)C(c2ccc(C(=O)O)cc2)=CCC2(C)C1CCC1(C)C2CCC2C3CCCC3(CNCCC(=O)N3CCC(=O)CC3)CC[C@]21C. The molecule has 51 heavy (non-hydrogen) atoms. The Morgan fingerprint density at radius 3 is 2.25 bits per heavy atom. The van der Waals surface area contributed by atoms with Gasteiger partial charge < -0.3 is 15.3 Å². The standard InChI is InChI=1S/C42H60N2O4.C3H6/c1-38(2)31(28-8-10-29(11-9-28)37(47)48)14-20-39(3)34(38)15-21-41(5)35(39)13-12-32-33-7-6-19-42(33,23-22-40(32,41)4)27-43-24-16-36(46)44-25-17-30(45)18-26-44;1-3-2/h8-11,14,32-35,43H,6-7,12-13,15-27H2,1-5H3,(H,47,48);3H,1H2,2H3/t32?,33?,34?,35?,39?,40-,41?,42?;/m1./s1. The van der Waals surface area contributed by atoms with Gasteiger partial charge in [0.1, 0.15) is 5.78 Å². The van der Waals surface area contributed by atoms with Gasteiger partial charge in [0.05, 0.1) is 5.56 Å². The van der Waals surface area contributed by atoms with Crippen LogP contribution in [0.3, 0.4) is 0 Å². The van der Waals surface area contributed by atoms with Crippen LogP contribution in [0.5, 0.6) is 0 Å². The number of benzene rings is 1. The summed E-state index contributed by atoms with van der Waals surface area (Å²) in [5.41, 5.74) is 4.28. The number of amides is 1. The van der Waals surface area contributed by atoms with E-state index in [1.807, 2.05) is 24.0 Å². The van der Waals surface area contributed by atoms with Crippen LogP contribution in [-0.4, -0.2) is 53.8 Å². The summed E-state index contributed by atoms with van der Waals surface area (Å²) >= 11 is 0. The highest BCUT2D eigenvalue weighted by molar-refractivity contribution is 5.88. The molecule has 1 heterocycles. The van der Waals surface area contributed by atoms with Crippen molar-refractivity contribution in [3.8, 4) is 0 Å². The normalized spacial score (nSPS) is 38.1. The van der Waals surface area contributed by atoms with Gasteiger partial charge in [0.25, 0.3) is 0 Å². The summed E-state index contributed by atoms with van der Waals surface area (Å²) in [5, 5.41) is 13.3. The molecular weight excluding hydrogens is 633 g/mol. The van der Waals surface area contributed by atoms with Crippen molar-refractivity contribution < 1.29 is 19.5 Å². The van der Waals surface area contributed by atoms with E-state index in [-0.39, 0.29) is 22.5 Å². The van der Waals surface area contributed by atoms with E-state index in [1.54, 1.807) is 18.2 Å². The van der Waals surface area contributed by atoms with Crippen molar-refractivity contribution >= 4 is 23.2 Å². The molecule has 6 nitrogen and oxygen atoms in total. The summed E-state index contributed by atoms with van der Waals surface area (Å²) in [5.74, 6) is 2.49. The molecule has 8 atom stereocenters. The van der Waals surface area contributed by atoms with Crippen molar-refractivity contribution in [1.82, 2.24) is 10.2 Å². The molecule has 7 rings (SSSR count). The number of carboxylic acid groups (broad SMARTS) is 1. The third-order valence-electron chi connectivity index (χ3n) is 16.2. The predicted molar refractivity (Wildman–Crippen MR) is 206 cm³/mol. The van der Waals surface area contributed by atoms with Gasteiger partial charge in [-0.15, -0.1) is 6.58 Å². The number of carbonyl (C=O) groups excluding carboxylic acids is 2. The lowest BCUT2D eigenvalue weighted by atomic mass is 9.32. The number of carbonyl (C=O) groups is 3. The number of hydrogen-bond donors (Lipinski definition) is 2. The van der Waals surface area contributed by atoms with Gasteiger partial charge in [-0.2, -0.15) is 0 Å². The number of allylic oxidation sites excluding steroid dienone is 3. The van der Waals surface area contributed by atoms with Crippen molar-refractivity contribution in [3.05, 3.63) is 54.1 Å². The Kier molecular flexibility index (Phi) is 10.6. The molecule has 4 saturated carbocycles. The molecule has 0 aromatic heterocycles. The van der Waals surface area contributed by atoms with E-state index in [0.29, 0.717) is 66.0 Å². The number of aromatic carboxylic acids is 1. The third-order valence-corrected chi connectivity index (χ3v) is 16.2. The molecule has 7 unspecified atom stereocenters. The molecule has 1 aliphatic heterocycles. The van der Waals surface area contributed by atoms with Gasteiger partial charge in [-0.05, 0) is 139 Å². The van der Waals surface area contributed by atoms with Crippen LogP contribution in [0.15, 0.2) is 43.0 Å². The first kappa shape index (κ1) is 38.0. The van der Waals surface area contributed by atoms with Crippen LogP contribution in [0.1, 0.15) is 141 Å². The van der Waals surface area contributed by atoms with Gasteiger partial charge in [-0.1, -0.05) is 65.3 Å². The zero-order valence-electron chi connectivity index (χ0n) is 32.6. The van der Waals surface area contributed by atoms with E-state index >= 15 is 0 Å². The number of ketones is 1. The smallest absolute Gasteiger partial charge is 0.335 e. The van der Waals surface area contributed by atoms with Crippen LogP contribution in [0.25, 0.3) is 5.57 Å². The van der Waals surface area contributed by atoms with Crippen molar-refractivity contribution in [3.63, 3.8) is 0 Å². The van der Waals surface area contributed by atoms with E-state index in [2.05, 4.69) is 52.6 Å². The second-order valence-corrected chi connectivity index (χ2v) is 18.7. The minimum Gasteiger partial charge on any atom is -0.478 e. The Labute approximate surface area is 308 Å². The number of hydrogen-bond acceptors (Lipinski definition) is 4. The quantitative estimate of drug-likeness (QED) is 0.219. The topological polar surface area (TPSA) is 86.7 Å². The van der Waals surface area contributed by atoms with Crippen molar-refractivity contribution in [2.45, 2.75) is 125 Å². The van der Waals surface area contributed by atoms with Gasteiger partial charge >= 0.3 is 5.97 Å². The summed E-state index contributed by atoms with van der Waals surface area (Å²) < 4.78 is 0. The van der Waals surface area contributed by atoms with Crippen molar-refractivity contribution in [2.75, 3.05) is 26.2 Å². The maximum atomic E-state index is 12.8. The Hall–Kier alpha value is -2.73. The molecule has 6 heteroatoms. The highest BCUT2D eigenvalue weighted by atomic mass is 16.4. The fourth-order valence-corrected chi connectivity index (χ4v) is 13.6. The Morgan fingerprint density at radius 2 is 1.59 bits per heavy atom. The lowest BCUT2D eigenvalue weighted by molar-refractivity contribution is -0.222. The molecule has 1 amide bonds. The Bertz CT molecular complexity index is 1520. The molecule has 6 aliphatic rings. The van der Waals surface area contributed by atoms with E-state index in [1.165, 1.54) is 68.9 Å². The zero-order chi connectivity index (χ0) is 36.8. The summed E-state index contributed by atoms with van der Waals surface area (Å²) in [7, 11) is 0. The predicted octanol–water partition coefficient (Wildman–Crippen LogP) is 9.60. The van der Waals surface area contributed by atoms with Gasteiger partial charge in [-0.25, -0.2) is 4.79 Å². The van der Waals surface area contributed by atoms with Crippen molar-refractivity contribution in [2.24, 2.45) is 50.7 Å². The van der Waals surface area contributed by atoms with Gasteiger partial charge in [-0.3, -0.25) is 9.59 Å². The molecule has 1 aromatic carbocycles. The second kappa shape index (κ2) is 14.3. The minimum atomic E-state index is -0.865. The zero-order valence-corrected chi connectivity index (χ0v) is 32.6. The average molecular weight is 699 g/mol. The second-order valence-electron chi connectivity index (χ2n) is 18.7. The molecule has 280 valence electrons. The molecule has 1 aromatic rings. The van der Waals surface area contributed by atoms with E-state index in [9.17, 15) is 19.5 Å². The van der Waals surface area contributed by atoms with Crippen LogP contribution >= 0.6 is 0 Å². The van der Waals surface area contributed by atoms with Crippen LogP contribution < -0.4 is 5.32 Å². The summed E-state index contributed by atoms with van der Waals surface area (Å²) in [6.45, 7) is 21.2. The Balaban J connectivity index is 0.00000144. The molecule has 0 bridgehead atoms. The Morgan fingerprint density at radius 1 is 0.902 bits per heavy atom. The number of Topliss-reactive ketones (excluding diaryl/α,β-unsaturated/α-hetero) is 1. The number of fused-ring (bicyclic) bond motifs is 7. The maximum Gasteiger partial charge on any atom is 0.335 e. The third kappa shape index (κ3) is 6.38. The molecule has 2 N–H and O–H groups in total. The van der Waals surface area contributed by atoms with Gasteiger partial charge in [0.15, 0.2) is 0 Å². The first-order valence-corrected chi connectivity index (χ1v) is 20.3. The minimum absolute atomic E-state index is 0.0302. The van der Waals surface area contributed by atoms with Crippen LogP contribution in [-0.2, 0) is 9.59 Å². The number of piperidine rings is 1. The van der Waals surface area contributed by atoms with Gasteiger partial charge in [0.2, 0.25) is 5.91 Å². The lowest BCUT2D eigenvalue weighted by Crippen LogP contribution is -2.65. The van der Waals surface area contributed by atoms with Gasteiger partial charge in [0, 0.05) is 45.4 Å². The summed E-state index contributed by atoms with van der Waals surface area (Å²) in [6.07, 6.45) is 18.9. The molecule has 5 fully saturated rings. The number of nitrogens with one attached hydrogen (secondary N) is 1. The average Bonchev–Trinajstić information content (AvgIpc) is 3.52. The van der Waals surface area contributed by atoms with Crippen LogP contribution in [0.2, 0.25) is 0 Å². The lowest BCUT2D eigenvalue weighted by Gasteiger charge is -2.72. The molecule has 5 aliphatic carbocycles. The first-order chi connectivity index (χ1) is 24.2. The largest absolute Gasteiger partial charge is 0.478 e. The summed E-state index contributed by atoms with van der Waals surface area (Å²) in [4.78, 5) is 37.8. The molecular formula is C45H66N2O4. The van der Waals surface area contributed by atoms with E-state index in [4.69, 9.17) is 0 Å². The number of nitrogens with zero attached hydrogens (tertiary/aromatic N) is 1. The molecule has 1 saturated heterocycles. The molecule has 0 radical (unpaired) electrons. The number of likely N-dealkylation sites (tertiary alicyclic amines) is 1. The van der Waals surface area contributed by atoms with Crippen LogP contribution in [0, 0.1) is 50.7 Å². The van der Waals surface area contributed by atoms with Crippen molar-refractivity contribution in [1.29, 1.82) is 0 Å². The fourth-order valence-electron chi connectivity index (χ4n) is 13.6. The van der Waals surface area contributed by atoms with E-state index < -0.39 is 5.97 Å². The maximum absolute atomic E-state index is 12.8. The fraction of sp³-hybridized carbons (Fsp3) is 0.711. The monoisotopic (exact) mass is 699 g/mol. The number of rotatable bonds is 7. The first-order valence-electron chi connectivity index (χ1n) is 20.3. The van der Waals surface area contributed by atoms with Crippen LogP contribution in [0.4, 0.5) is 0 Å². The molecule has 0 spiro atoms. The van der Waals surface area contributed by atoms with E-state index in [0.717, 1.165) is 31.3 Å². The highest BCUT2D eigenvalue weighted by Gasteiger charge is 2.69. The summed E-state index contributed by atoms with van der Waals surface area (Å²) in [6, 6.07) is 7.59. The highest BCUT2D eigenvalue weighted by Crippen LogP contribution is 2.77. The number of carboxylic acids is 1.